The Morgan fingerprint density at radius 3 is 2.39 bits per heavy atom. The predicted octanol–water partition coefficient (Wildman–Crippen LogP) is 4.33. The van der Waals surface area contributed by atoms with Crippen LogP contribution in [0.5, 0.6) is 17.2 Å². The quantitative estimate of drug-likeness (QED) is 0.353. The van der Waals surface area contributed by atoms with E-state index in [0.29, 0.717) is 46.9 Å². The van der Waals surface area contributed by atoms with Gasteiger partial charge in [-0.25, -0.2) is 0 Å². The lowest BCUT2D eigenvalue weighted by molar-refractivity contribution is -0.120. The van der Waals surface area contributed by atoms with Crippen LogP contribution in [0.4, 0.5) is 11.4 Å². The lowest BCUT2D eigenvalue weighted by atomic mass is 9.95. The third-order valence-electron chi connectivity index (χ3n) is 7.11. The Kier molecular flexibility index (Phi) is 9.11. The molecular weight excluding hydrogens is 524 g/mol. The normalized spacial score (nSPS) is 14.6. The van der Waals surface area contributed by atoms with Crippen LogP contribution in [0.25, 0.3) is 11.1 Å². The molecule has 216 valence electrons. The molecule has 1 aromatic heterocycles. The maximum atomic E-state index is 13.7. The Morgan fingerprint density at radius 2 is 1.78 bits per heavy atom. The van der Waals surface area contributed by atoms with Crippen LogP contribution in [0.3, 0.4) is 0 Å². The van der Waals surface area contributed by atoms with E-state index in [1.54, 1.807) is 44.8 Å². The molecule has 0 radical (unpaired) electrons. The minimum atomic E-state index is -0.706. The molecule has 1 heterocycles. The number of hydrogen-bond acceptors (Lipinski definition) is 8. The molecule has 10 heteroatoms. The van der Waals surface area contributed by atoms with Crippen molar-refractivity contribution in [2.45, 2.75) is 45.7 Å². The second kappa shape index (κ2) is 12.7. The molecule has 2 amide bonds. The highest BCUT2D eigenvalue weighted by Crippen LogP contribution is 2.50. The Bertz CT molecular complexity index is 1490. The zero-order valence-electron chi connectivity index (χ0n) is 24.2. The number of anilines is 2. The predicted molar refractivity (Wildman–Crippen MR) is 158 cm³/mol. The van der Waals surface area contributed by atoms with Gasteiger partial charge in [0, 0.05) is 18.7 Å². The number of fused-ring (bicyclic) bond motifs is 3. The highest BCUT2D eigenvalue weighted by atomic mass is 16.5. The number of carbonyl (C=O) groups is 2. The standard InChI is InChI=1S/C31H36N4O6/c1-17(2)28(31(38)34-20-8-7-13-32-16-20)35-24-12-10-21-22(15-25(24)37)23(33-18(3)36)11-9-19-14-26(39-4)29(40-5)30(41-6)27(19)21/h7-8,10,12-17,23,28H,9,11H2,1-6H3,(H,33,36)(H,34,38)(H,35,37). The summed E-state index contributed by atoms with van der Waals surface area (Å²) in [5.41, 5.74) is 3.53. The Morgan fingerprint density at radius 1 is 1.02 bits per heavy atom. The highest BCUT2D eigenvalue weighted by Gasteiger charge is 2.30. The average molecular weight is 561 g/mol. The first kappa shape index (κ1) is 29.4. The largest absolute Gasteiger partial charge is 0.493 e. The van der Waals surface area contributed by atoms with Crippen molar-refractivity contribution in [3.63, 3.8) is 0 Å². The van der Waals surface area contributed by atoms with Crippen LogP contribution in [-0.2, 0) is 16.0 Å². The third kappa shape index (κ3) is 6.26. The fourth-order valence-electron chi connectivity index (χ4n) is 5.19. The van der Waals surface area contributed by atoms with E-state index in [1.807, 2.05) is 26.0 Å². The summed E-state index contributed by atoms with van der Waals surface area (Å²) in [7, 11) is 4.65. The van der Waals surface area contributed by atoms with E-state index in [9.17, 15) is 14.4 Å². The SMILES string of the molecule is COc1cc2c(c(OC)c1OC)-c1ccc(NC(C(=O)Nc3cccnc3)C(C)C)c(=O)cc1C(NC(C)=O)CC2. The van der Waals surface area contributed by atoms with E-state index >= 15 is 0 Å². The maximum absolute atomic E-state index is 13.7. The van der Waals surface area contributed by atoms with Crippen LogP contribution in [-0.4, -0.2) is 44.2 Å². The summed E-state index contributed by atoms with van der Waals surface area (Å²) in [6.45, 7) is 5.25. The van der Waals surface area contributed by atoms with E-state index < -0.39 is 12.1 Å². The number of methoxy groups -OCH3 is 3. The molecule has 4 rings (SSSR count). The van der Waals surface area contributed by atoms with Crippen molar-refractivity contribution in [3.05, 3.63) is 70.1 Å². The number of aryl methyl sites for hydroxylation is 1. The molecule has 0 spiro atoms. The third-order valence-corrected chi connectivity index (χ3v) is 7.11. The monoisotopic (exact) mass is 560 g/mol. The summed E-state index contributed by atoms with van der Waals surface area (Å²) < 4.78 is 17.1. The van der Waals surface area contributed by atoms with Gasteiger partial charge < -0.3 is 30.2 Å². The van der Waals surface area contributed by atoms with Gasteiger partial charge in [0.05, 0.1) is 44.9 Å². The molecule has 0 fully saturated rings. The molecule has 3 N–H and O–H groups in total. The first-order valence-corrected chi connectivity index (χ1v) is 13.4. The van der Waals surface area contributed by atoms with Crippen molar-refractivity contribution in [2.75, 3.05) is 32.0 Å². The van der Waals surface area contributed by atoms with Gasteiger partial charge in [0.1, 0.15) is 6.04 Å². The molecule has 0 bridgehead atoms. The summed E-state index contributed by atoms with van der Waals surface area (Å²) >= 11 is 0. The van der Waals surface area contributed by atoms with Gasteiger partial charge in [-0.05, 0) is 65.8 Å². The fourth-order valence-corrected chi connectivity index (χ4v) is 5.19. The summed E-state index contributed by atoms with van der Waals surface area (Å²) in [5.74, 6) is 0.777. The van der Waals surface area contributed by atoms with Gasteiger partial charge in [-0.2, -0.15) is 0 Å². The highest BCUT2D eigenvalue weighted by molar-refractivity contribution is 5.96. The van der Waals surface area contributed by atoms with E-state index in [1.165, 1.54) is 20.1 Å². The molecule has 0 saturated carbocycles. The Balaban J connectivity index is 1.86. The van der Waals surface area contributed by atoms with Gasteiger partial charge in [0.25, 0.3) is 0 Å². The van der Waals surface area contributed by atoms with Crippen LogP contribution >= 0.6 is 0 Å². The van der Waals surface area contributed by atoms with Crippen LogP contribution in [0.1, 0.15) is 44.4 Å². The van der Waals surface area contributed by atoms with Crippen molar-refractivity contribution >= 4 is 23.2 Å². The number of ether oxygens (including phenoxy) is 3. The topological polar surface area (TPSA) is 128 Å². The molecule has 2 atom stereocenters. The molecule has 1 aliphatic rings. The second-order valence-corrected chi connectivity index (χ2v) is 10.2. The van der Waals surface area contributed by atoms with Crippen LogP contribution in [0.2, 0.25) is 0 Å². The van der Waals surface area contributed by atoms with Gasteiger partial charge in [0.2, 0.25) is 23.0 Å². The Labute approximate surface area is 239 Å². The first-order chi connectivity index (χ1) is 19.7. The molecule has 0 saturated heterocycles. The molecule has 2 aromatic carbocycles. The number of nitrogens with one attached hydrogen (secondary N) is 3. The van der Waals surface area contributed by atoms with Crippen molar-refractivity contribution < 1.29 is 23.8 Å². The average Bonchev–Trinajstić information content (AvgIpc) is 3.19. The number of aromatic nitrogens is 1. The van der Waals surface area contributed by atoms with Gasteiger partial charge in [-0.1, -0.05) is 19.9 Å². The zero-order valence-corrected chi connectivity index (χ0v) is 24.2. The summed E-state index contributed by atoms with van der Waals surface area (Å²) in [6, 6.07) is 9.26. The van der Waals surface area contributed by atoms with E-state index in [0.717, 1.165) is 11.1 Å². The van der Waals surface area contributed by atoms with Gasteiger partial charge >= 0.3 is 0 Å². The molecule has 10 nitrogen and oxygen atoms in total. The van der Waals surface area contributed by atoms with Gasteiger partial charge in [0.15, 0.2) is 11.5 Å². The number of nitrogens with zero attached hydrogens (tertiary/aromatic N) is 1. The van der Waals surface area contributed by atoms with Gasteiger partial charge in [-0.3, -0.25) is 19.4 Å². The second-order valence-electron chi connectivity index (χ2n) is 10.2. The lowest BCUT2D eigenvalue weighted by Crippen LogP contribution is -2.39. The number of hydrogen-bond donors (Lipinski definition) is 3. The first-order valence-electron chi connectivity index (χ1n) is 13.4. The molecular formula is C31H36N4O6. The van der Waals surface area contributed by atoms with Crippen LogP contribution in [0.15, 0.2) is 53.6 Å². The van der Waals surface area contributed by atoms with Crippen LogP contribution < -0.4 is 35.6 Å². The summed E-state index contributed by atoms with van der Waals surface area (Å²) in [6.07, 6.45) is 4.33. The van der Waals surface area contributed by atoms with Crippen molar-refractivity contribution in [2.24, 2.45) is 5.92 Å². The number of amides is 2. The number of rotatable bonds is 9. The minimum Gasteiger partial charge on any atom is -0.493 e. The smallest absolute Gasteiger partial charge is 0.247 e. The zero-order chi connectivity index (χ0) is 29.7. The number of benzene rings is 1. The fraction of sp³-hybridized carbons (Fsp3) is 0.355. The van der Waals surface area contributed by atoms with Crippen molar-refractivity contribution in [1.82, 2.24) is 10.3 Å². The summed E-state index contributed by atoms with van der Waals surface area (Å²) in [5, 5.41) is 9.03. The lowest BCUT2D eigenvalue weighted by Gasteiger charge is -2.22. The number of pyridine rings is 1. The van der Waals surface area contributed by atoms with Gasteiger partial charge in [-0.15, -0.1) is 0 Å². The summed E-state index contributed by atoms with van der Waals surface area (Å²) in [4.78, 5) is 43.1. The molecule has 0 aliphatic heterocycles. The molecule has 1 aliphatic carbocycles. The van der Waals surface area contributed by atoms with E-state index in [2.05, 4.69) is 20.9 Å². The van der Waals surface area contributed by atoms with Crippen LogP contribution in [0, 0.1) is 5.92 Å². The van der Waals surface area contributed by atoms with E-state index in [4.69, 9.17) is 14.2 Å². The van der Waals surface area contributed by atoms with Crippen molar-refractivity contribution in [3.8, 4) is 28.4 Å². The Hall–Kier alpha value is -4.60. The van der Waals surface area contributed by atoms with E-state index in [-0.39, 0.29) is 28.8 Å². The van der Waals surface area contributed by atoms with Crippen molar-refractivity contribution in [1.29, 1.82) is 0 Å². The molecule has 2 unspecified atom stereocenters. The molecule has 3 aromatic rings. The number of carbonyl (C=O) groups excluding carboxylic acids is 2. The minimum absolute atomic E-state index is 0.140. The molecule has 41 heavy (non-hydrogen) atoms. The maximum Gasteiger partial charge on any atom is 0.247 e.